The van der Waals surface area contributed by atoms with E-state index in [1.807, 2.05) is 0 Å². The Hall–Kier alpha value is -0.910. The fraction of sp³-hybridized carbons (Fsp3) is 0.250. The zero-order valence-corrected chi connectivity index (χ0v) is 12.2. The number of nitrogens with zero attached hydrogens (tertiary/aromatic N) is 2. The first-order chi connectivity index (χ1) is 8.06. The Morgan fingerprint density at radius 1 is 1.41 bits per heavy atom. The van der Waals surface area contributed by atoms with Crippen LogP contribution in [0.25, 0.3) is 11.3 Å². The minimum atomic E-state index is 0.588. The Balaban J connectivity index is 2.36. The molecule has 0 radical (unpaired) electrons. The molecule has 0 unspecified atom stereocenters. The maximum atomic E-state index is 5.70. The molecule has 1 heterocycles. The maximum Gasteiger partial charge on any atom is 0.181 e. The van der Waals surface area contributed by atoms with E-state index in [2.05, 4.69) is 64.2 Å². The molecule has 1 aromatic heterocycles. The predicted octanol–water partition coefficient (Wildman–Crippen LogP) is 3.22. The molecular weight excluding hydrogens is 298 g/mol. The van der Waals surface area contributed by atoms with Crippen LogP contribution in [0.2, 0.25) is 0 Å². The van der Waals surface area contributed by atoms with E-state index in [-0.39, 0.29) is 0 Å². The van der Waals surface area contributed by atoms with Crippen molar-refractivity contribution in [2.45, 2.75) is 6.54 Å². The van der Waals surface area contributed by atoms with Crippen LogP contribution in [0.15, 0.2) is 28.1 Å². The Morgan fingerprint density at radius 3 is 2.76 bits per heavy atom. The molecule has 0 aliphatic carbocycles. The Bertz CT molecular complexity index is 522. The predicted molar refractivity (Wildman–Crippen MR) is 77.1 cm³/mol. The molecule has 90 valence electrons. The average molecular weight is 312 g/mol. The van der Waals surface area contributed by atoms with Crippen LogP contribution < -0.4 is 5.73 Å². The van der Waals surface area contributed by atoms with Crippen LogP contribution in [0.4, 0.5) is 5.13 Å². The van der Waals surface area contributed by atoms with E-state index in [1.165, 1.54) is 16.9 Å². The van der Waals surface area contributed by atoms with Crippen molar-refractivity contribution < 1.29 is 0 Å². The third-order valence-corrected chi connectivity index (χ3v) is 3.84. The second-order valence-corrected chi connectivity index (χ2v) is 6.46. The third kappa shape index (κ3) is 3.06. The number of nitrogens with two attached hydrogens (primary N) is 1. The van der Waals surface area contributed by atoms with Gasteiger partial charge in [-0.15, -0.1) is 0 Å². The van der Waals surface area contributed by atoms with E-state index < -0.39 is 0 Å². The van der Waals surface area contributed by atoms with Crippen molar-refractivity contribution in [3.63, 3.8) is 0 Å². The number of thiazole rings is 1. The summed E-state index contributed by atoms with van der Waals surface area (Å²) in [6.07, 6.45) is 0. The molecule has 1 aromatic carbocycles. The number of nitrogen functional groups attached to an aromatic ring is 1. The van der Waals surface area contributed by atoms with Crippen molar-refractivity contribution in [2.24, 2.45) is 0 Å². The van der Waals surface area contributed by atoms with E-state index in [1.54, 1.807) is 0 Å². The summed E-state index contributed by atoms with van der Waals surface area (Å²) >= 11 is 4.95. The van der Waals surface area contributed by atoms with Crippen molar-refractivity contribution >= 4 is 32.4 Å². The van der Waals surface area contributed by atoms with Gasteiger partial charge in [-0.1, -0.05) is 29.5 Å². The lowest BCUT2D eigenvalue weighted by Crippen LogP contribution is -2.10. The van der Waals surface area contributed by atoms with Gasteiger partial charge in [0.05, 0.1) is 9.48 Å². The number of rotatable bonds is 3. The van der Waals surface area contributed by atoms with Crippen molar-refractivity contribution in [2.75, 3.05) is 19.8 Å². The van der Waals surface area contributed by atoms with Crippen molar-refractivity contribution in [1.82, 2.24) is 9.88 Å². The number of aromatic nitrogens is 1. The van der Waals surface area contributed by atoms with E-state index in [0.717, 1.165) is 21.6 Å². The Labute approximate surface area is 113 Å². The van der Waals surface area contributed by atoms with Gasteiger partial charge in [-0.25, -0.2) is 4.98 Å². The molecule has 2 aromatic rings. The maximum absolute atomic E-state index is 5.70. The van der Waals surface area contributed by atoms with Gasteiger partial charge in [-0.3, -0.25) is 0 Å². The zero-order valence-electron chi connectivity index (χ0n) is 9.77. The third-order valence-electron chi connectivity index (χ3n) is 2.30. The molecule has 5 heteroatoms. The molecule has 3 nitrogen and oxygen atoms in total. The molecule has 0 aliphatic rings. The van der Waals surface area contributed by atoms with Crippen LogP contribution in [-0.4, -0.2) is 24.0 Å². The average Bonchev–Trinajstić information content (AvgIpc) is 2.57. The largest absolute Gasteiger partial charge is 0.375 e. The van der Waals surface area contributed by atoms with Gasteiger partial charge in [-0.05, 0) is 41.7 Å². The second kappa shape index (κ2) is 5.16. The Morgan fingerprint density at radius 2 is 2.18 bits per heavy atom. The number of anilines is 1. The minimum Gasteiger partial charge on any atom is -0.375 e. The highest BCUT2D eigenvalue weighted by Gasteiger charge is 2.09. The first kappa shape index (κ1) is 12.5. The number of hydrogen-bond donors (Lipinski definition) is 1. The van der Waals surface area contributed by atoms with Crippen LogP contribution in [0, 0.1) is 0 Å². The molecule has 2 rings (SSSR count). The molecular formula is C12H14BrN3S. The molecule has 0 bridgehead atoms. The second-order valence-electron chi connectivity index (χ2n) is 4.11. The SMILES string of the molecule is CN(C)Cc1cccc(-c2nc(N)sc2Br)c1. The summed E-state index contributed by atoms with van der Waals surface area (Å²) in [7, 11) is 4.12. The summed E-state index contributed by atoms with van der Waals surface area (Å²) < 4.78 is 0.983. The smallest absolute Gasteiger partial charge is 0.181 e. The summed E-state index contributed by atoms with van der Waals surface area (Å²) in [5, 5.41) is 0.588. The molecule has 0 atom stereocenters. The number of halogens is 1. The minimum absolute atomic E-state index is 0.588. The Kier molecular flexibility index (Phi) is 3.81. The van der Waals surface area contributed by atoms with Crippen LogP contribution in [0.1, 0.15) is 5.56 Å². The first-order valence-corrected chi connectivity index (χ1v) is 6.83. The van der Waals surface area contributed by atoms with Gasteiger partial charge in [0, 0.05) is 12.1 Å². The van der Waals surface area contributed by atoms with E-state index in [0.29, 0.717) is 5.13 Å². The van der Waals surface area contributed by atoms with E-state index in [4.69, 9.17) is 5.73 Å². The van der Waals surface area contributed by atoms with Gasteiger partial charge in [-0.2, -0.15) is 0 Å². The molecule has 0 fully saturated rings. The molecule has 0 spiro atoms. The van der Waals surface area contributed by atoms with Crippen molar-refractivity contribution in [3.05, 3.63) is 33.6 Å². The zero-order chi connectivity index (χ0) is 12.4. The van der Waals surface area contributed by atoms with Gasteiger partial charge >= 0.3 is 0 Å². The summed E-state index contributed by atoms with van der Waals surface area (Å²) in [6, 6.07) is 8.38. The fourth-order valence-electron chi connectivity index (χ4n) is 1.68. The molecule has 0 saturated heterocycles. The van der Waals surface area contributed by atoms with Gasteiger partial charge in [0.25, 0.3) is 0 Å². The lowest BCUT2D eigenvalue weighted by molar-refractivity contribution is 0.402. The van der Waals surface area contributed by atoms with Crippen LogP contribution in [-0.2, 0) is 6.54 Å². The highest BCUT2D eigenvalue weighted by atomic mass is 79.9. The summed E-state index contributed by atoms with van der Waals surface area (Å²) in [5.74, 6) is 0. The molecule has 17 heavy (non-hydrogen) atoms. The summed E-state index contributed by atoms with van der Waals surface area (Å²) in [6.45, 7) is 0.922. The van der Waals surface area contributed by atoms with Crippen LogP contribution >= 0.6 is 27.3 Å². The summed E-state index contributed by atoms with van der Waals surface area (Å²) in [5.41, 5.74) is 9.00. The normalized spacial score (nSPS) is 11.1. The van der Waals surface area contributed by atoms with E-state index >= 15 is 0 Å². The molecule has 0 aliphatic heterocycles. The molecule has 0 amide bonds. The molecule has 2 N–H and O–H groups in total. The van der Waals surface area contributed by atoms with Gasteiger partial charge in [0.1, 0.15) is 0 Å². The monoisotopic (exact) mass is 311 g/mol. The summed E-state index contributed by atoms with van der Waals surface area (Å²) in [4.78, 5) is 6.48. The topological polar surface area (TPSA) is 42.2 Å². The standard InChI is InChI=1S/C12H14BrN3S/c1-16(2)7-8-4-3-5-9(6-8)10-11(13)17-12(14)15-10/h3-6H,7H2,1-2H3,(H2,14,15). The van der Waals surface area contributed by atoms with Crippen LogP contribution in [0.5, 0.6) is 0 Å². The van der Waals surface area contributed by atoms with Crippen molar-refractivity contribution in [1.29, 1.82) is 0 Å². The fourth-order valence-corrected chi connectivity index (χ4v) is 3.07. The number of hydrogen-bond acceptors (Lipinski definition) is 4. The van der Waals surface area contributed by atoms with Gasteiger partial charge in [0.15, 0.2) is 5.13 Å². The highest BCUT2D eigenvalue weighted by molar-refractivity contribution is 9.11. The quantitative estimate of drug-likeness (QED) is 0.946. The lowest BCUT2D eigenvalue weighted by atomic mass is 10.1. The lowest BCUT2D eigenvalue weighted by Gasteiger charge is -2.10. The number of benzene rings is 1. The molecule has 0 saturated carbocycles. The van der Waals surface area contributed by atoms with Crippen LogP contribution in [0.3, 0.4) is 0 Å². The highest BCUT2D eigenvalue weighted by Crippen LogP contribution is 2.34. The van der Waals surface area contributed by atoms with E-state index in [9.17, 15) is 0 Å². The van der Waals surface area contributed by atoms with Crippen molar-refractivity contribution in [3.8, 4) is 11.3 Å². The van der Waals surface area contributed by atoms with Gasteiger partial charge in [0.2, 0.25) is 0 Å². The first-order valence-electron chi connectivity index (χ1n) is 5.22. The van der Waals surface area contributed by atoms with Gasteiger partial charge < -0.3 is 10.6 Å².